The maximum absolute atomic E-state index is 12.7. The minimum absolute atomic E-state index is 0.169. The zero-order chi connectivity index (χ0) is 18.6. The van der Waals surface area contributed by atoms with Crippen molar-refractivity contribution in [2.75, 3.05) is 0 Å². The van der Waals surface area contributed by atoms with Crippen LogP contribution in [-0.4, -0.2) is 11.9 Å². The van der Waals surface area contributed by atoms with Gasteiger partial charge >= 0.3 is 0 Å². The van der Waals surface area contributed by atoms with Crippen LogP contribution in [0.15, 0.2) is 60.2 Å². The Morgan fingerprint density at radius 2 is 1.56 bits per heavy atom. The second-order valence-electron chi connectivity index (χ2n) is 7.21. The molecule has 1 N–H and O–H groups in total. The molecular weight excluding hydrogens is 332 g/mol. The fraction of sp³-hybridized carbons (Fsp3) is 0.250. The Bertz CT molecular complexity index is 1010. The molecule has 0 spiro atoms. The summed E-state index contributed by atoms with van der Waals surface area (Å²) in [6.45, 7) is 0. The topological polar surface area (TPSA) is 52.9 Å². The molecule has 1 fully saturated rings. The number of fused-ring (bicyclic) bond motifs is 2. The number of hydrogen-bond donors (Lipinski definition) is 1. The van der Waals surface area contributed by atoms with Gasteiger partial charge in [0.15, 0.2) is 0 Å². The number of nitrogens with zero attached hydrogens (tertiary/aromatic N) is 1. The fourth-order valence-electron chi connectivity index (χ4n) is 4.01. The second-order valence-corrected chi connectivity index (χ2v) is 7.21. The SMILES string of the molecule is N#C/C(=C\c1c2ccccc2cc2ccccc12)C(=O)NC1CCCCC1. The maximum Gasteiger partial charge on any atom is 0.262 e. The van der Waals surface area contributed by atoms with Crippen molar-refractivity contribution in [2.24, 2.45) is 0 Å². The maximum atomic E-state index is 12.7. The smallest absolute Gasteiger partial charge is 0.262 e. The van der Waals surface area contributed by atoms with Crippen molar-refractivity contribution in [1.29, 1.82) is 5.26 Å². The molecule has 0 heterocycles. The van der Waals surface area contributed by atoms with Crippen LogP contribution < -0.4 is 5.32 Å². The van der Waals surface area contributed by atoms with Crippen molar-refractivity contribution in [3.63, 3.8) is 0 Å². The number of hydrogen-bond acceptors (Lipinski definition) is 2. The molecule has 3 nitrogen and oxygen atoms in total. The van der Waals surface area contributed by atoms with Gasteiger partial charge in [-0.3, -0.25) is 4.79 Å². The van der Waals surface area contributed by atoms with Crippen LogP contribution in [0.3, 0.4) is 0 Å². The number of carbonyl (C=O) groups is 1. The highest BCUT2D eigenvalue weighted by Crippen LogP contribution is 2.30. The van der Waals surface area contributed by atoms with Gasteiger partial charge in [0.2, 0.25) is 0 Å². The molecular formula is C24H22N2O. The van der Waals surface area contributed by atoms with Crippen LogP contribution in [0.1, 0.15) is 37.7 Å². The van der Waals surface area contributed by atoms with E-state index in [0.29, 0.717) is 0 Å². The van der Waals surface area contributed by atoms with Crippen molar-refractivity contribution in [1.82, 2.24) is 5.32 Å². The number of nitriles is 1. The molecule has 0 radical (unpaired) electrons. The summed E-state index contributed by atoms with van der Waals surface area (Å²) in [6, 6.07) is 20.7. The van der Waals surface area contributed by atoms with Crippen LogP contribution in [0.2, 0.25) is 0 Å². The Hall–Kier alpha value is -3.12. The number of amides is 1. The predicted octanol–water partition coefficient (Wildman–Crippen LogP) is 5.35. The van der Waals surface area contributed by atoms with Gasteiger partial charge in [-0.25, -0.2) is 0 Å². The third kappa shape index (κ3) is 3.57. The summed E-state index contributed by atoms with van der Waals surface area (Å²) in [5.41, 5.74) is 1.10. The standard InChI is InChI=1S/C24H22N2O/c25-16-19(24(27)26-20-10-2-1-3-11-20)15-23-21-12-6-4-8-17(21)14-18-9-5-7-13-22(18)23/h4-9,12-15,20H,1-3,10-11H2,(H,26,27)/b19-15+. The van der Waals surface area contributed by atoms with Crippen molar-refractivity contribution in [3.8, 4) is 6.07 Å². The van der Waals surface area contributed by atoms with E-state index in [1.165, 1.54) is 6.42 Å². The van der Waals surface area contributed by atoms with E-state index < -0.39 is 0 Å². The first kappa shape index (κ1) is 17.3. The van der Waals surface area contributed by atoms with Crippen LogP contribution in [0, 0.1) is 11.3 Å². The lowest BCUT2D eigenvalue weighted by Crippen LogP contribution is -2.36. The van der Waals surface area contributed by atoms with Gasteiger partial charge in [-0.2, -0.15) is 5.26 Å². The number of carbonyl (C=O) groups excluding carboxylic acids is 1. The van der Waals surface area contributed by atoms with E-state index in [9.17, 15) is 10.1 Å². The van der Waals surface area contributed by atoms with Crippen molar-refractivity contribution in [2.45, 2.75) is 38.1 Å². The van der Waals surface area contributed by atoms with Gasteiger partial charge in [0.25, 0.3) is 5.91 Å². The molecule has 1 saturated carbocycles. The Morgan fingerprint density at radius 1 is 0.963 bits per heavy atom. The molecule has 3 aromatic carbocycles. The molecule has 3 aromatic rings. The Kier molecular flexibility index (Phi) is 4.89. The molecule has 0 saturated heterocycles. The van der Waals surface area contributed by atoms with E-state index in [1.54, 1.807) is 6.08 Å². The van der Waals surface area contributed by atoms with Crippen LogP contribution >= 0.6 is 0 Å². The summed E-state index contributed by atoms with van der Waals surface area (Å²) in [5.74, 6) is -0.263. The van der Waals surface area contributed by atoms with Crippen LogP contribution in [0.4, 0.5) is 0 Å². The molecule has 1 aliphatic rings. The zero-order valence-corrected chi connectivity index (χ0v) is 15.2. The highest BCUT2D eigenvalue weighted by molar-refractivity contribution is 6.11. The minimum Gasteiger partial charge on any atom is -0.349 e. The first-order valence-electron chi connectivity index (χ1n) is 9.59. The molecule has 0 aliphatic heterocycles. The largest absolute Gasteiger partial charge is 0.349 e. The minimum atomic E-state index is -0.263. The summed E-state index contributed by atoms with van der Waals surface area (Å²) in [5, 5.41) is 17.0. The van der Waals surface area contributed by atoms with Crippen molar-refractivity contribution in [3.05, 3.63) is 65.7 Å². The number of benzene rings is 3. The molecule has 4 rings (SSSR count). The highest BCUT2D eigenvalue weighted by Gasteiger charge is 2.18. The lowest BCUT2D eigenvalue weighted by atomic mass is 9.94. The molecule has 0 aromatic heterocycles. The molecule has 3 heteroatoms. The van der Waals surface area contributed by atoms with E-state index in [0.717, 1.165) is 52.8 Å². The van der Waals surface area contributed by atoms with Gasteiger partial charge in [-0.15, -0.1) is 0 Å². The lowest BCUT2D eigenvalue weighted by Gasteiger charge is -2.22. The molecule has 1 aliphatic carbocycles. The second kappa shape index (κ2) is 7.63. The fourth-order valence-corrected chi connectivity index (χ4v) is 4.01. The molecule has 1 amide bonds. The normalized spacial score (nSPS) is 15.6. The summed E-state index contributed by atoms with van der Waals surface area (Å²) in [7, 11) is 0. The van der Waals surface area contributed by atoms with Gasteiger partial charge in [0.05, 0.1) is 0 Å². The third-order valence-electron chi connectivity index (χ3n) is 5.41. The number of nitrogens with one attached hydrogen (secondary N) is 1. The number of rotatable bonds is 3. The molecule has 27 heavy (non-hydrogen) atoms. The molecule has 0 bridgehead atoms. The monoisotopic (exact) mass is 354 g/mol. The van der Waals surface area contributed by atoms with Crippen LogP contribution in [0.25, 0.3) is 27.6 Å². The Morgan fingerprint density at radius 3 is 2.15 bits per heavy atom. The first-order chi connectivity index (χ1) is 13.3. The van der Waals surface area contributed by atoms with Crippen molar-refractivity contribution < 1.29 is 4.79 Å². The highest BCUT2D eigenvalue weighted by atomic mass is 16.1. The lowest BCUT2D eigenvalue weighted by molar-refractivity contribution is -0.117. The van der Waals surface area contributed by atoms with Gasteiger partial charge in [0.1, 0.15) is 11.6 Å². The van der Waals surface area contributed by atoms with Gasteiger partial charge < -0.3 is 5.32 Å². The van der Waals surface area contributed by atoms with Crippen molar-refractivity contribution >= 4 is 33.5 Å². The zero-order valence-electron chi connectivity index (χ0n) is 15.2. The summed E-state index contributed by atoms with van der Waals surface area (Å²) < 4.78 is 0. The van der Waals surface area contributed by atoms with Crippen LogP contribution in [0.5, 0.6) is 0 Å². The third-order valence-corrected chi connectivity index (χ3v) is 5.41. The summed E-state index contributed by atoms with van der Waals surface area (Å²) >= 11 is 0. The predicted molar refractivity (Wildman–Crippen MR) is 110 cm³/mol. The quantitative estimate of drug-likeness (QED) is 0.392. The average Bonchev–Trinajstić information content (AvgIpc) is 2.71. The van der Waals surface area contributed by atoms with Gasteiger partial charge in [-0.05, 0) is 52.1 Å². The van der Waals surface area contributed by atoms with Crippen LogP contribution in [-0.2, 0) is 4.79 Å². The van der Waals surface area contributed by atoms with E-state index in [2.05, 4.69) is 29.6 Å². The van der Waals surface area contributed by atoms with Gasteiger partial charge in [0, 0.05) is 6.04 Å². The average molecular weight is 354 g/mol. The Balaban J connectivity index is 1.79. The Labute approximate surface area is 159 Å². The first-order valence-corrected chi connectivity index (χ1v) is 9.59. The molecule has 0 atom stereocenters. The van der Waals surface area contributed by atoms with E-state index in [1.807, 2.05) is 36.4 Å². The molecule has 134 valence electrons. The van der Waals surface area contributed by atoms with E-state index in [4.69, 9.17) is 0 Å². The van der Waals surface area contributed by atoms with E-state index >= 15 is 0 Å². The summed E-state index contributed by atoms with van der Waals surface area (Å²) in [6.07, 6.45) is 7.27. The van der Waals surface area contributed by atoms with Gasteiger partial charge in [-0.1, -0.05) is 67.8 Å². The van der Waals surface area contributed by atoms with E-state index in [-0.39, 0.29) is 17.5 Å². The summed E-state index contributed by atoms with van der Waals surface area (Å²) in [4.78, 5) is 12.7. The molecule has 0 unspecified atom stereocenters.